The predicted octanol–water partition coefficient (Wildman–Crippen LogP) is 1.32. The monoisotopic (exact) mass is 302 g/mol. The van der Waals surface area contributed by atoms with Crippen molar-refractivity contribution in [3.8, 4) is 0 Å². The average Bonchev–Trinajstić information content (AvgIpc) is 3.01. The summed E-state index contributed by atoms with van der Waals surface area (Å²) < 4.78 is 4.24. The molecule has 3 heterocycles. The molecule has 0 bridgehead atoms. The molecule has 3 rings (SSSR count). The fraction of sp³-hybridized carbons (Fsp3) is 0.625. The van der Waals surface area contributed by atoms with E-state index in [0.717, 1.165) is 51.4 Å². The van der Waals surface area contributed by atoms with Crippen molar-refractivity contribution in [2.75, 3.05) is 20.1 Å². The highest BCUT2D eigenvalue weighted by molar-refractivity contribution is 5.11. The van der Waals surface area contributed by atoms with Crippen LogP contribution in [0.3, 0.4) is 0 Å². The van der Waals surface area contributed by atoms with Gasteiger partial charge in [-0.25, -0.2) is 0 Å². The number of nitrogens with zero attached hydrogens (tertiary/aromatic N) is 5. The van der Waals surface area contributed by atoms with E-state index in [-0.39, 0.29) is 0 Å². The summed E-state index contributed by atoms with van der Waals surface area (Å²) in [5.41, 5.74) is 4.82. The standard InChI is InChI=1S/C16H26N6/c1-13-9-14(2)21(18-13)7-4-6-20(3)12-15-10-16-11-17-5-8-22(16)19-15/h9-10,17H,4-8,11-12H2,1-3H3. The maximum atomic E-state index is 4.69. The molecule has 0 saturated heterocycles. The predicted molar refractivity (Wildman–Crippen MR) is 86.6 cm³/mol. The van der Waals surface area contributed by atoms with Crippen molar-refractivity contribution in [2.24, 2.45) is 0 Å². The Kier molecular flexibility index (Phi) is 4.59. The van der Waals surface area contributed by atoms with Gasteiger partial charge in [0.15, 0.2) is 0 Å². The largest absolute Gasteiger partial charge is 0.309 e. The van der Waals surface area contributed by atoms with Gasteiger partial charge in [-0.3, -0.25) is 9.36 Å². The zero-order valence-electron chi connectivity index (χ0n) is 13.8. The van der Waals surface area contributed by atoms with Gasteiger partial charge in [-0.15, -0.1) is 0 Å². The highest BCUT2D eigenvalue weighted by Crippen LogP contribution is 2.10. The number of aromatic nitrogens is 4. The average molecular weight is 302 g/mol. The van der Waals surface area contributed by atoms with E-state index in [1.807, 2.05) is 6.92 Å². The Morgan fingerprint density at radius 2 is 2.14 bits per heavy atom. The number of rotatable bonds is 6. The van der Waals surface area contributed by atoms with Gasteiger partial charge in [0.25, 0.3) is 0 Å². The first-order chi connectivity index (χ1) is 10.6. The zero-order valence-corrected chi connectivity index (χ0v) is 13.8. The van der Waals surface area contributed by atoms with Gasteiger partial charge in [0.2, 0.25) is 0 Å². The Morgan fingerprint density at radius 3 is 2.86 bits per heavy atom. The van der Waals surface area contributed by atoms with Gasteiger partial charge in [-0.05, 0) is 39.4 Å². The SMILES string of the molecule is Cc1cc(C)n(CCCN(C)Cc2cc3n(n2)CCNC3)n1. The lowest BCUT2D eigenvalue weighted by Gasteiger charge is -2.15. The van der Waals surface area contributed by atoms with Crippen molar-refractivity contribution in [2.45, 2.75) is 46.4 Å². The van der Waals surface area contributed by atoms with E-state index in [9.17, 15) is 0 Å². The number of aryl methyl sites for hydroxylation is 3. The lowest BCUT2D eigenvalue weighted by molar-refractivity contribution is 0.305. The quantitative estimate of drug-likeness (QED) is 0.874. The van der Waals surface area contributed by atoms with Crippen molar-refractivity contribution in [3.63, 3.8) is 0 Å². The molecule has 6 nitrogen and oxygen atoms in total. The second-order valence-electron chi connectivity index (χ2n) is 6.27. The first-order valence-electron chi connectivity index (χ1n) is 8.08. The summed E-state index contributed by atoms with van der Waals surface area (Å²) in [5.74, 6) is 0. The molecule has 0 aliphatic carbocycles. The van der Waals surface area contributed by atoms with E-state index in [4.69, 9.17) is 5.10 Å². The summed E-state index contributed by atoms with van der Waals surface area (Å²) in [6.45, 7) is 10.1. The Balaban J connectivity index is 1.47. The molecule has 22 heavy (non-hydrogen) atoms. The molecule has 120 valence electrons. The third-order valence-electron chi connectivity index (χ3n) is 4.17. The minimum absolute atomic E-state index is 0.914. The second-order valence-corrected chi connectivity index (χ2v) is 6.27. The van der Waals surface area contributed by atoms with E-state index in [1.54, 1.807) is 0 Å². The molecule has 0 aromatic carbocycles. The lowest BCUT2D eigenvalue weighted by Crippen LogP contribution is -2.28. The molecule has 0 atom stereocenters. The Hall–Kier alpha value is -1.66. The van der Waals surface area contributed by atoms with E-state index in [1.165, 1.54) is 17.1 Å². The summed E-state index contributed by atoms with van der Waals surface area (Å²) in [6, 6.07) is 4.36. The number of hydrogen-bond acceptors (Lipinski definition) is 4. The van der Waals surface area contributed by atoms with Gasteiger partial charge in [-0.2, -0.15) is 10.2 Å². The number of fused-ring (bicyclic) bond motifs is 1. The van der Waals surface area contributed by atoms with Crippen LogP contribution in [-0.2, 0) is 26.2 Å². The van der Waals surface area contributed by atoms with Crippen LogP contribution in [0.5, 0.6) is 0 Å². The molecule has 1 aliphatic rings. The number of nitrogens with one attached hydrogen (secondary N) is 1. The Labute approximate surface area is 132 Å². The molecule has 2 aromatic rings. The van der Waals surface area contributed by atoms with Crippen molar-refractivity contribution < 1.29 is 0 Å². The summed E-state index contributed by atoms with van der Waals surface area (Å²) in [5, 5.41) is 12.6. The smallest absolute Gasteiger partial charge is 0.0768 e. The van der Waals surface area contributed by atoms with Gasteiger partial charge in [0.1, 0.15) is 0 Å². The van der Waals surface area contributed by atoms with Crippen LogP contribution in [-0.4, -0.2) is 44.6 Å². The minimum atomic E-state index is 0.914. The third kappa shape index (κ3) is 3.56. The van der Waals surface area contributed by atoms with Crippen LogP contribution in [0.1, 0.15) is 29.2 Å². The van der Waals surface area contributed by atoms with Gasteiger partial charge < -0.3 is 10.2 Å². The van der Waals surface area contributed by atoms with Crippen LogP contribution in [0.2, 0.25) is 0 Å². The first kappa shape index (κ1) is 15.2. The van der Waals surface area contributed by atoms with E-state index >= 15 is 0 Å². The molecule has 2 aromatic heterocycles. The molecule has 1 aliphatic heterocycles. The molecule has 0 spiro atoms. The van der Waals surface area contributed by atoms with Crippen LogP contribution < -0.4 is 5.32 Å². The molecule has 0 saturated carbocycles. The first-order valence-corrected chi connectivity index (χ1v) is 8.08. The molecule has 6 heteroatoms. The van der Waals surface area contributed by atoms with E-state index in [2.05, 4.69) is 50.8 Å². The molecule has 1 N–H and O–H groups in total. The third-order valence-corrected chi connectivity index (χ3v) is 4.17. The zero-order chi connectivity index (χ0) is 15.5. The van der Waals surface area contributed by atoms with Crippen molar-refractivity contribution in [3.05, 3.63) is 34.9 Å². The molecular formula is C16H26N6. The summed E-state index contributed by atoms with van der Waals surface area (Å²) in [7, 11) is 2.16. The fourth-order valence-corrected chi connectivity index (χ4v) is 3.08. The maximum Gasteiger partial charge on any atom is 0.0768 e. The van der Waals surface area contributed by atoms with Crippen molar-refractivity contribution in [1.29, 1.82) is 0 Å². The highest BCUT2D eigenvalue weighted by Gasteiger charge is 2.12. The van der Waals surface area contributed by atoms with E-state index < -0.39 is 0 Å². The fourth-order valence-electron chi connectivity index (χ4n) is 3.08. The van der Waals surface area contributed by atoms with Crippen molar-refractivity contribution in [1.82, 2.24) is 29.8 Å². The van der Waals surface area contributed by atoms with Crippen LogP contribution in [0, 0.1) is 13.8 Å². The van der Waals surface area contributed by atoms with Crippen LogP contribution in [0.25, 0.3) is 0 Å². The minimum Gasteiger partial charge on any atom is -0.309 e. The molecule has 0 radical (unpaired) electrons. The van der Waals surface area contributed by atoms with Gasteiger partial charge >= 0.3 is 0 Å². The van der Waals surface area contributed by atoms with Crippen LogP contribution >= 0.6 is 0 Å². The van der Waals surface area contributed by atoms with Gasteiger partial charge in [-0.1, -0.05) is 0 Å². The Bertz CT molecular complexity index is 603. The van der Waals surface area contributed by atoms with Gasteiger partial charge in [0.05, 0.1) is 23.6 Å². The normalized spacial score (nSPS) is 14.5. The Morgan fingerprint density at radius 1 is 1.27 bits per heavy atom. The topological polar surface area (TPSA) is 50.9 Å². The van der Waals surface area contributed by atoms with Crippen LogP contribution in [0.15, 0.2) is 12.1 Å². The summed E-state index contributed by atoms with van der Waals surface area (Å²) in [6.07, 6.45) is 1.10. The highest BCUT2D eigenvalue weighted by atomic mass is 15.3. The number of hydrogen-bond donors (Lipinski definition) is 1. The molecule has 0 fully saturated rings. The van der Waals surface area contributed by atoms with Crippen molar-refractivity contribution >= 4 is 0 Å². The second kappa shape index (κ2) is 6.62. The molecule has 0 amide bonds. The van der Waals surface area contributed by atoms with Gasteiger partial charge in [0, 0.05) is 38.4 Å². The van der Waals surface area contributed by atoms with E-state index in [0.29, 0.717) is 0 Å². The van der Waals surface area contributed by atoms with Crippen LogP contribution in [0.4, 0.5) is 0 Å². The summed E-state index contributed by atoms with van der Waals surface area (Å²) in [4.78, 5) is 2.34. The molecule has 0 unspecified atom stereocenters. The summed E-state index contributed by atoms with van der Waals surface area (Å²) >= 11 is 0. The molecular weight excluding hydrogens is 276 g/mol. The maximum absolute atomic E-state index is 4.69. The lowest BCUT2D eigenvalue weighted by atomic mass is 10.3.